The largest absolute Gasteiger partial charge is 0.271 e. The number of nitrogens with one attached hydrogen (secondary N) is 1. The predicted octanol–water partition coefficient (Wildman–Crippen LogP) is 3.57. The average molecular weight is 294 g/mol. The van der Waals surface area contributed by atoms with Crippen molar-refractivity contribution in [2.45, 2.75) is 17.9 Å². The fourth-order valence-corrected chi connectivity index (χ4v) is 2.99. The zero-order valence-electron chi connectivity index (χ0n) is 11.1. The third kappa shape index (κ3) is 4.03. The van der Waals surface area contributed by atoms with Crippen molar-refractivity contribution in [3.05, 3.63) is 65.2 Å². The minimum Gasteiger partial charge on any atom is -0.271 e. The fraction of sp³-hybridized carbons (Fsp3) is 0.200. The molecule has 2 nitrogen and oxygen atoms in total. The molecule has 0 fully saturated rings. The van der Waals surface area contributed by atoms with Crippen molar-refractivity contribution in [3.63, 3.8) is 0 Å². The number of hydrogen-bond acceptors (Lipinski definition) is 3. The Morgan fingerprint density at radius 3 is 2.45 bits per heavy atom. The molecule has 2 aromatic rings. The SMILES string of the molecule is Cc1cccc(SCC(NN)c2cc(F)cc(F)c2)c1. The van der Waals surface area contributed by atoms with E-state index in [1.54, 1.807) is 11.8 Å². The molecular formula is C15H16F2N2S. The van der Waals surface area contributed by atoms with Crippen LogP contribution in [0.15, 0.2) is 47.4 Å². The van der Waals surface area contributed by atoms with Gasteiger partial charge in [0.05, 0.1) is 6.04 Å². The molecule has 0 spiro atoms. The highest BCUT2D eigenvalue weighted by Gasteiger charge is 2.12. The zero-order valence-corrected chi connectivity index (χ0v) is 11.9. The van der Waals surface area contributed by atoms with Gasteiger partial charge in [0.1, 0.15) is 11.6 Å². The van der Waals surface area contributed by atoms with E-state index in [0.29, 0.717) is 11.3 Å². The summed E-state index contributed by atoms with van der Waals surface area (Å²) >= 11 is 1.59. The van der Waals surface area contributed by atoms with Gasteiger partial charge in [0.25, 0.3) is 0 Å². The molecule has 5 heteroatoms. The monoisotopic (exact) mass is 294 g/mol. The van der Waals surface area contributed by atoms with Gasteiger partial charge in [0.15, 0.2) is 0 Å². The Bertz CT molecular complexity index is 570. The molecule has 0 aromatic heterocycles. The Hall–Kier alpha value is -1.43. The van der Waals surface area contributed by atoms with Crippen LogP contribution >= 0.6 is 11.8 Å². The van der Waals surface area contributed by atoms with Gasteiger partial charge in [-0.15, -0.1) is 11.8 Å². The summed E-state index contributed by atoms with van der Waals surface area (Å²) in [6.45, 7) is 2.02. The Kier molecular flexibility index (Phi) is 5.11. The number of hydrogen-bond donors (Lipinski definition) is 2. The maximum Gasteiger partial charge on any atom is 0.126 e. The molecule has 106 valence electrons. The van der Waals surface area contributed by atoms with Crippen molar-refractivity contribution in [2.75, 3.05) is 5.75 Å². The number of aryl methyl sites for hydroxylation is 1. The molecule has 0 saturated carbocycles. The molecular weight excluding hydrogens is 278 g/mol. The van der Waals surface area contributed by atoms with Crippen LogP contribution in [-0.2, 0) is 0 Å². The third-order valence-electron chi connectivity index (χ3n) is 2.89. The quantitative estimate of drug-likeness (QED) is 0.503. The summed E-state index contributed by atoms with van der Waals surface area (Å²) < 4.78 is 26.5. The first kappa shape index (κ1) is 15.0. The molecule has 0 heterocycles. The number of halogens is 2. The van der Waals surface area contributed by atoms with Gasteiger partial charge >= 0.3 is 0 Å². The molecule has 2 aromatic carbocycles. The molecule has 0 aliphatic carbocycles. The van der Waals surface area contributed by atoms with Crippen LogP contribution in [0.5, 0.6) is 0 Å². The van der Waals surface area contributed by atoms with Gasteiger partial charge in [-0.3, -0.25) is 11.3 Å². The first-order valence-electron chi connectivity index (χ1n) is 6.20. The highest BCUT2D eigenvalue weighted by Crippen LogP contribution is 2.25. The summed E-state index contributed by atoms with van der Waals surface area (Å²) in [6, 6.07) is 11.2. The fourth-order valence-electron chi connectivity index (χ4n) is 1.90. The van der Waals surface area contributed by atoms with Gasteiger partial charge in [-0.05, 0) is 36.8 Å². The second-order valence-electron chi connectivity index (χ2n) is 4.55. The summed E-state index contributed by atoms with van der Waals surface area (Å²) in [4.78, 5) is 1.10. The van der Waals surface area contributed by atoms with Crippen molar-refractivity contribution in [1.82, 2.24) is 5.43 Å². The van der Waals surface area contributed by atoms with Crippen LogP contribution in [0.25, 0.3) is 0 Å². The smallest absolute Gasteiger partial charge is 0.126 e. The molecule has 0 amide bonds. The lowest BCUT2D eigenvalue weighted by Crippen LogP contribution is -2.29. The molecule has 2 rings (SSSR count). The number of hydrazine groups is 1. The normalized spacial score (nSPS) is 12.4. The Labute approximate surface area is 121 Å². The average Bonchev–Trinajstić information content (AvgIpc) is 2.38. The number of benzene rings is 2. The van der Waals surface area contributed by atoms with Gasteiger partial charge in [0, 0.05) is 16.7 Å². The van der Waals surface area contributed by atoms with Crippen LogP contribution in [-0.4, -0.2) is 5.75 Å². The van der Waals surface area contributed by atoms with Crippen molar-refractivity contribution in [1.29, 1.82) is 0 Å². The number of rotatable bonds is 5. The van der Waals surface area contributed by atoms with E-state index in [1.165, 1.54) is 17.7 Å². The molecule has 0 radical (unpaired) electrons. The van der Waals surface area contributed by atoms with Crippen molar-refractivity contribution >= 4 is 11.8 Å². The van der Waals surface area contributed by atoms with E-state index in [4.69, 9.17) is 5.84 Å². The van der Waals surface area contributed by atoms with Crippen LogP contribution in [0.1, 0.15) is 17.2 Å². The topological polar surface area (TPSA) is 38.0 Å². The lowest BCUT2D eigenvalue weighted by atomic mass is 10.1. The summed E-state index contributed by atoms with van der Waals surface area (Å²) in [6.07, 6.45) is 0. The van der Waals surface area contributed by atoms with E-state index in [2.05, 4.69) is 11.5 Å². The molecule has 3 N–H and O–H groups in total. The van der Waals surface area contributed by atoms with Gasteiger partial charge in [-0.25, -0.2) is 8.78 Å². The summed E-state index contributed by atoms with van der Waals surface area (Å²) in [7, 11) is 0. The van der Waals surface area contributed by atoms with Gasteiger partial charge < -0.3 is 0 Å². The molecule has 0 aliphatic heterocycles. The maximum absolute atomic E-state index is 13.2. The second-order valence-corrected chi connectivity index (χ2v) is 5.64. The Morgan fingerprint density at radius 2 is 1.85 bits per heavy atom. The lowest BCUT2D eigenvalue weighted by molar-refractivity contribution is 0.559. The molecule has 20 heavy (non-hydrogen) atoms. The van der Waals surface area contributed by atoms with Gasteiger partial charge in [0.2, 0.25) is 0 Å². The molecule has 1 unspecified atom stereocenters. The van der Waals surface area contributed by atoms with Crippen molar-refractivity contribution in [3.8, 4) is 0 Å². The van der Waals surface area contributed by atoms with E-state index in [1.807, 2.05) is 25.1 Å². The van der Waals surface area contributed by atoms with Crippen LogP contribution in [0.3, 0.4) is 0 Å². The highest BCUT2D eigenvalue weighted by molar-refractivity contribution is 7.99. The standard InChI is InChI=1S/C15H16F2N2S/c1-10-3-2-4-14(5-10)20-9-15(19-18)11-6-12(16)8-13(17)7-11/h2-8,15,19H,9,18H2,1H3. The van der Waals surface area contributed by atoms with Gasteiger partial charge in [-0.2, -0.15) is 0 Å². The summed E-state index contributed by atoms with van der Waals surface area (Å²) in [5.41, 5.74) is 4.28. The van der Waals surface area contributed by atoms with E-state index in [9.17, 15) is 8.78 Å². The van der Waals surface area contributed by atoms with Crippen LogP contribution in [0.4, 0.5) is 8.78 Å². The predicted molar refractivity (Wildman–Crippen MR) is 78.3 cm³/mol. The second kappa shape index (κ2) is 6.83. The summed E-state index contributed by atoms with van der Waals surface area (Å²) in [5.74, 6) is 4.88. The highest BCUT2D eigenvalue weighted by atomic mass is 32.2. The minimum atomic E-state index is -0.596. The van der Waals surface area contributed by atoms with E-state index in [0.717, 1.165) is 11.0 Å². The summed E-state index contributed by atoms with van der Waals surface area (Å²) in [5, 5.41) is 0. The maximum atomic E-state index is 13.2. The van der Waals surface area contributed by atoms with E-state index >= 15 is 0 Å². The molecule has 1 atom stereocenters. The number of thioether (sulfide) groups is 1. The van der Waals surface area contributed by atoms with Gasteiger partial charge in [-0.1, -0.05) is 17.7 Å². The van der Waals surface area contributed by atoms with E-state index in [-0.39, 0.29) is 6.04 Å². The van der Waals surface area contributed by atoms with Crippen LogP contribution in [0.2, 0.25) is 0 Å². The van der Waals surface area contributed by atoms with E-state index < -0.39 is 11.6 Å². The molecule has 0 aliphatic rings. The minimum absolute atomic E-state index is 0.314. The van der Waals surface area contributed by atoms with Crippen LogP contribution < -0.4 is 11.3 Å². The first-order chi connectivity index (χ1) is 9.58. The molecule has 0 saturated heterocycles. The molecule has 0 bridgehead atoms. The first-order valence-corrected chi connectivity index (χ1v) is 7.18. The number of nitrogens with two attached hydrogens (primary N) is 1. The van der Waals surface area contributed by atoms with Crippen molar-refractivity contribution < 1.29 is 8.78 Å². The third-order valence-corrected chi connectivity index (χ3v) is 3.98. The van der Waals surface area contributed by atoms with Crippen LogP contribution in [0, 0.1) is 18.6 Å². The lowest BCUT2D eigenvalue weighted by Gasteiger charge is -2.16. The van der Waals surface area contributed by atoms with Crippen molar-refractivity contribution in [2.24, 2.45) is 5.84 Å². The Morgan fingerprint density at radius 1 is 1.15 bits per heavy atom. The Balaban J connectivity index is 2.09. The zero-order chi connectivity index (χ0) is 14.5.